The first kappa shape index (κ1) is 19.4. The van der Waals surface area contributed by atoms with Crippen LogP contribution in [0.25, 0.3) is 0 Å². The first-order valence-electron chi connectivity index (χ1n) is 9.23. The summed E-state index contributed by atoms with van der Waals surface area (Å²) in [6.07, 6.45) is 0.442. The maximum atomic E-state index is 12.5. The molecule has 0 radical (unpaired) electrons. The summed E-state index contributed by atoms with van der Waals surface area (Å²) in [6.45, 7) is 3.94. The number of nitrogens with zero attached hydrogens (tertiary/aromatic N) is 2. The number of H-pyrrole nitrogens is 1. The van der Waals surface area contributed by atoms with Crippen LogP contribution in [0.15, 0.2) is 75.2 Å². The molecule has 1 atom stereocenters. The minimum atomic E-state index is -0.651. The summed E-state index contributed by atoms with van der Waals surface area (Å²) in [4.78, 5) is 31.7. The van der Waals surface area contributed by atoms with Crippen LogP contribution in [0.2, 0.25) is 0 Å². The van der Waals surface area contributed by atoms with Crippen LogP contribution >= 0.6 is 0 Å². The lowest BCUT2D eigenvalue weighted by Gasteiger charge is -2.14. The van der Waals surface area contributed by atoms with Crippen molar-refractivity contribution < 1.29 is 5.11 Å². The molecule has 0 aliphatic rings. The fourth-order valence-electron chi connectivity index (χ4n) is 3.11. The molecule has 0 spiro atoms. The van der Waals surface area contributed by atoms with Crippen molar-refractivity contribution in [2.75, 3.05) is 0 Å². The summed E-state index contributed by atoms with van der Waals surface area (Å²) in [7, 11) is 0. The normalized spacial score (nSPS) is 12.7. The highest BCUT2D eigenvalue weighted by molar-refractivity contribution is 6.02. The van der Waals surface area contributed by atoms with Crippen LogP contribution in [0, 0.1) is 0 Å². The van der Waals surface area contributed by atoms with Gasteiger partial charge in [0, 0.05) is 0 Å². The largest absolute Gasteiger partial charge is 0.494 e. The summed E-state index contributed by atoms with van der Waals surface area (Å²) >= 11 is 0. The fraction of sp³-hybridized carbons (Fsp3) is 0.227. The Balaban J connectivity index is 2.07. The minimum Gasteiger partial charge on any atom is -0.494 e. The van der Waals surface area contributed by atoms with Crippen LogP contribution in [0.3, 0.4) is 0 Å². The van der Waals surface area contributed by atoms with Crippen molar-refractivity contribution in [3.63, 3.8) is 0 Å². The first-order valence-corrected chi connectivity index (χ1v) is 9.23. The molecule has 0 aliphatic carbocycles. The van der Waals surface area contributed by atoms with Gasteiger partial charge in [-0.05, 0) is 24.5 Å². The molecule has 3 rings (SSSR count). The Labute approximate surface area is 162 Å². The van der Waals surface area contributed by atoms with E-state index in [1.54, 1.807) is 0 Å². The zero-order valence-electron chi connectivity index (χ0n) is 15.9. The van der Waals surface area contributed by atoms with Crippen LogP contribution < -0.4 is 11.2 Å². The number of rotatable bonds is 6. The molecule has 6 heteroatoms. The lowest BCUT2D eigenvalue weighted by Crippen LogP contribution is -2.34. The second-order valence-electron chi connectivity index (χ2n) is 6.55. The number of benzene rings is 2. The molecule has 1 aromatic heterocycles. The predicted molar refractivity (Wildman–Crippen MR) is 110 cm³/mol. The Morgan fingerprint density at radius 2 is 1.68 bits per heavy atom. The van der Waals surface area contributed by atoms with Crippen LogP contribution in [-0.4, -0.2) is 20.4 Å². The standard InChI is InChI=1S/C22H23N3O3/c1-3-18(23-15(2)17-12-8-5-9-13-17)19-20(26)24-22(28)25(21(19)27)14-16-10-6-4-7-11-16/h4-13,15,27H,3,14H2,1-2H3,(H,24,26,28)/t15-/m0/s1. The molecule has 144 valence electrons. The average Bonchev–Trinajstić information content (AvgIpc) is 2.71. The van der Waals surface area contributed by atoms with Gasteiger partial charge in [-0.1, -0.05) is 67.6 Å². The van der Waals surface area contributed by atoms with Crippen molar-refractivity contribution in [2.24, 2.45) is 4.99 Å². The molecule has 3 aromatic rings. The van der Waals surface area contributed by atoms with E-state index < -0.39 is 11.2 Å². The first-order chi connectivity index (χ1) is 13.5. The minimum absolute atomic E-state index is 0.0424. The summed E-state index contributed by atoms with van der Waals surface area (Å²) in [5.41, 5.74) is 1.06. The maximum Gasteiger partial charge on any atom is 0.331 e. The molecule has 0 bridgehead atoms. The van der Waals surface area contributed by atoms with Crippen molar-refractivity contribution in [3.05, 3.63) is 98.2 Å². The number of nitrogens with one attached hydrogen (secondary N) is 1. The van der Waals surface area contributed by atoms with Crippen LogP contribution in [-0.2, 0) is 6.54 Å². The van der Waals surface area contributed by atoms with E-state index in [2.05, 4.69) is 9.98 Å². The monoisotopic (exact) mass is 377 g/mol. The molecule has 2 N–H and O–H groups in total. The third kappa shape index (κ3) is 4.11. The fourth-order valence-corrected chi connectivity index (χ4v) is 3.11. The second-order valence-corrected chi connectivity index (χ2v) is 6.55. The molecule has 0 amide bonds. The van der Waals surface area contributed by atoms with Gasteiger partial charge in [-0.15, -0.1) is 0 Å². The third-order valence-corrected chi connectivity index (χ3v) is 4.61. The van der Waals surface area contributed by atoms with Gasteiger partial charge in [0.25, 0.3) is 5.56 Å². The molecule has 6 nitrogen and oxygen atoms in total. The quantitative estimate of drug-likeness (QED) is 0.647. The molecule has 1 heterocycles. The Morgan fingerprint density at radius 3 is 2.29 bits per heavy atom. The number of hydrogen-bond acceptors (Lipinski definition) is 4. The van der Waals surface area contributed by atoms with Crippen molar-refractivity contribution in [1.82, 2.24) is 9.55 Å². The Bertz CT molecular complexity index is 1080. The summed E-state index contributed by atoms with van der Waals surface area (Å²) < 4.78 is 1.16. The van der Waals surface area contributed by atoms with E-state index in [1.165, 1.54) is 0 Å². The van der Waals surface area contributed by atoms with E-state index in [0.29, 0.717) is 12.1 Å². The van der Waals surface area contributed by atoms with E-state index in [9.17, 15) is 14.7 Å². The number of aromatic amines is 1. The Hall–Kier alpha value is -3.41. The molecular weight excluding hydrogens is 354 g/mol. The molecule has 0 saturated carbocycles. The molecule has 0 aliphatic heterocycles. The molecule has 0 saturated heterocycles. The Kier molecular flexibility index (Phi) is 5.89. The third-order valence-electron chi connectivity index (χ3n) is 4.61. The SMILES string of the molecule is CCC(=N[C@@H](C)c1ccccc1)c1c(O)n(Cc2ccccc2)c(=O)[nH]c1=O. The van der Waals surface area contributed by atoms with Crippen molar-refractivity contribution >= 4 is 5.71 Å². The summed E-state index contributed by atoms with van der Waals surface area (Å²) in [5.74, 6) is -0.363. The van der Waals surface area contributed by atoms with Crippen molar-refractivity contribution in [3.8, 4) is 5.88 Å². The maximum absolute atomic E-state index is 12.5. The lowest BCUT2D eigenvalue weighted by atomic mass is 10.1. The zero-order valence-corrected chi connectivity index (χ0v) is 15.9. The van der Waals surface area contributed by atoms with Crippen molar-refractivity contribution in [1.29, 1.82) is 0 Å². The van der Waals surface area contributed by atoms with Gasteiger partial charge in [0.15, 0.2) is 0 Å². The van der Waals surface area contributed by atoms with Crippen LogP contribution in [0.4, 0.5) is 0 Å². The van der Waals surface area contributed by atoms with Gasteiger partial charge in [-0.2, -0.15) is 0 Å². The summed E-state index contributed by atoms with van der Waals surface area (Å²) in [6, 6.07) is 18.8. The smallest absolute Gasteiger partial charge is 0.331 e. The highest BCUT2D eigenvalue weighted by Gasteiger charge is 2.19. The summed E-state index contributed by atoms with van der Waals surface area (Å²) in [5, 5.41) is 10.8. The average molecular weight is 377 g/mol. The zero-order chi connectivity index (χ0) is 20.1. The topological polar surface area (TPSA) is 87.4 Å². The molecule has 28 heavy (non-hydrogen) atoms. The lowest BCUT2D eigenvalue weighted by molar-refractivity contribution is 0.407. The van der Waals surface area contributed by atoms with Gasteiger partial charge in [0.2, 0.25) is 5.88 Å². The van der Waals surface area contributed by atoms with Crippen LogP contribution in [0.1, 0.15) is 43.0 Å². The number of hydrogen-bond donors (Lipinski definition) is 2. The van der Waals surface area contributed by atoms with Gasteiger partial charge in [0.05, 0.1) is 18.3 Å². The predicted octanol–water partition coefficient (Wildman–Crippen LogP) is 3.25. The van der Waals surface area contributed by atoms with Gasteiger partial charge in [-0.25, -0.2) is 4.79 Å². The van der Waals surface area contributed by atoms with E-state index in [-0.39, 0.29) is 24.0 Å². The van der Waals surface area contributed by atoms with Gasteiger partial charge < -0.3 is 5.11 Å². The van der Waals surface area contributed by atoms with E-state index >= 15 is 0 Å². The molecule has 2 aromatic carbocycles. The van der Waals surface area contributed by atoms with E-state index in [1.807, 2.05) is 74.5 Å². The van der Waals surface area contributed by atoms with E-state index in [4.69, 9.17) is 0 Å². The highest BCUT2D eigenvalue weighted by atomic mass is 16.3. The van der Waals surface area contributed by atoms with Crippen LogP contribution in [0.5, 0.6) is 5.88 Å². The number of aromatic nitrogens is 2. The Morgan fingerprint density at radius 1 is 1.07 bits per heavy atom. The molecule has 0 unspecified atom stereocenters. The number of aromatic hydroxyl groups is 1. The second kappa shape index (κ2) is 8.52. The molecular formula is C22H23N3O3. The van der Waals surface area contributed by atoms with E-state index in [0.717, 1.165) is 15.7 Å². The number of aliphatic imine (C=N–C) groups is 1. The van der Waals surface area contributed by atoms with Gasteiger partial charge in [0.1, 0.15) is 5.56 Å². The van der Waals surface area contributed by atoms with Crippen molar-refractivity contribution in [2.45, 2.75) is 32.9 Å². The van der Waals surface area contributed by atoms with Gasteiger partial charge >= 0.3 is 5.69 Å². The molecule has 0 fully saturated rings. The highest BCUT2D eigenvalue weighted by Crippen LogP contribution is 2.21. The van der Waals surface area contributed by atoms with Gasteiger partial charge in [-0.3, -0.25) is 19.3 Å².